The van der Waals surface area contributed by atoms with Crippen molar-refractivity contribution in [2.45, 2.75) is 32.0 Å². The molecule has 4 nitrogen and oxygen atoms in total. The van der Waals surface area contributed by atoms with Crippen molar-refractivity contribution in [3.05, 3.63) is 141 Å². The molecule has 0 saturated carbocycles. The van der Waals surface area contributed by atoms with Gasteiger partial charge in [0, 0.05) is 29.6 Å². The van der Waals surface area contributed by atoms with E-state index in [4.69, 9.17) is 23.2 Å². The number of rotatable bonds is 10. The van der Waals surface area contributed by atoms with Gasteiger partial charge in [0.05, 0.1) is 6.42 Å². The van der Waals surface area contributed by atoms with Crippen molar-refractivity contribution in [2.75, 3.05) is 0 Å². The van der Waals surface area contributed by atoms with E-state index in [2.05, 4.69) is 5.32 Å². The van der Waals surface area contributed by atoms with Crippen LogP contribution in [0.4, 0.5) is 0 Å². The van der Waals surface area contributed by atoms with E-state index < -0.39 is 6.04 Å². The minimum absolute atomic E-state index is 0.131. The van der Waals surface area contributed by atoms with Crippen LogP contribution in [0.1, 0.15) is 22.3 Å². The fourth-order valence-electron chi connectivity index (χ4n) is 4.12. The predicted molar refractivity (Wildman–Crippen MR) is 149 cm³/mol. The van der Waals surface area contributed by atoms with Gasteiger partial charge in [-0.15, -0.1) is 0 Å². The molecule has 4 aromatic carbocycles. The highest BCUT2D eigenvalue weighted by atomic mass is 35.5. The lowest BCUT2D eigenvalue weighted by Gasteiger charge is -2.31. The summed E-state index contributed by atoms with van der Waals surface area (Å²) in [5, 5.41) is 4.29. The maximum atomic E-state index is 13.7. The predicted octanol–water partition coefficient (Wildman–Crippen LogP) is 6.49. The summed E-state index contributed by atoms with van der Waals surface area (Å²) in [6, 6.07) is 33.4. The summed E-state index contributed by atoms with van der Waals surface area (Å²) >= 11 is 12.0. The van der Waals surface area contributed by atoms with Gasteiger partial charge >= 0.3 is 0 Å². The monoisotopic (exact) mass is 530 g/mol. The molecule has 0 aliphatic heterocycles. The number of hydrogen-bond acceptors (Lipinski definition) is 2. The number of nitrogens with zero attached hydrogens (tertiary/aromatic N) is 1. The summed E-state index contributed by atoms with van der Waals surface area (Å²) < 4.78 is 0. The van der Waals surface area contributed by atoms with Crippen LogP contribution < -0.4 is 5.32 Å². The maximum Gasteiger partial charge on any atom is 0.243 e. The summed E-state index contributed by atoms with van der Waals surface area (Å²) in [4.78, 5) is 29.1. The molecule has 0 heterocycles. The van der Waals surface area contributed by atoms with E-state index in [0.717, 1.165) is 22.3 Å². The number of carbonyl (C=O) groups is 2. The van der Waals surface area contributed by atoms with Gasteiger partial charge in [-0.1, -0.05) is 108 Å². The average Bonchev–Trinajstić information content (AvgIpc) is 2.92. The standard InChI is InChI=1S/C31H28Cl2N2O2/c32-27-15-11-24(12-16-27)20-30(36)35(22-26-9-5-2-6-10-26)29(19-23-7-3-1-4-8-23)31(37)34-21-25-13-17-28(33)18-14-25/h1-18,29H,19-22H2,(H,34,37)/t29-/m0/s1. The lowest BCUT2D eigenvalue weighted by Crippen LogP contribution is -2.50. The minimum atomic E-state index is -0.699. The molecule has 0 aliphatic rings. The molecule has 1 N–H and O–H groups in total. The molecule has 0 saturated heterocycles. The molecule has 0 fully saturated rings. The van der Waals surface area contributed by atoms with E-state index >= 15 is 0 Å². The van der Waals surface area contributed by atoms with Gasteiger partial charge in [-0.3, -0.25) is 9.59 Å². The zero-order valence-electron chi connectivity index (χ0n) is 20.3. The first-order valence-electron chi connectivity index (χ1n) is 12.1. The van der Waals surface area contributed by atoms with Crippen LogP contribution in [0.2, 0.25) is 10.0 Å². The zero-order chi connectivity index (χ0) is 26.0. The smallest absolute Gasteiger partial charge is 0.243 e. The van der Waals surface area contributed by atoms with Gasteiger partial charge in [0.1, 0.15) is 6.04 Å². The number of amides is 2. The first kappa shape index (κ1) is 26.5. The van der Waals surface area contributed by atoms with Crippen molar-refractivity contribution in [1.82, 2.24) is 10.2 Å². The van der Waals surface area contributed by atoms with Crippen molar-refractivity contribution in [2.24, 2.45) is 0 Å². The molecule has 6 heteroatoms. The number of hydrogen-bond donors (Lipinski definition) is 1. The SMILES string of the molecule is O=C(NCc1ccc(Cl)cc1)[C@H](Cc1ccccc1)N(Cc1ccccc1)C(=O)Cc1ccc(Cl)cc1. The van der Waals surface area contributed by atoms with Crippen molar-refractivity contribution in [3.8, 4) is 0 Å². The molecule has 4 rings (SSSR count). The van der Waals surface area contributed by atoms with Gasteiger partial charge in [-0.25, -0.2) is 0 Å². The Labute approximate surface area is 227 Å². The molecule has 4 aromatic rings. The maximum absolute atomic E-state index is 13.7. The molecule has 0 aliphatic carbocycles. The molecule has 0 unspecified atom stereocenters. The molecule has 188 valence electrons. The molecule has 0 bridgehead atoms. The van der Waals surface area contributed by atoms with Gasteiger partial charge in [0.2, 0.25) is 11.8 Å². The van der Waals surface area contributed by atoms with Crippen LogP contribution in [0.3, 0.4) is 0 Å². The highest BCUT2D eigenvalue weighted by Crippen LogP contribution is 2.18. The van der Waals surface area contributed by atoms with Crippen LogP contribution in [-0.4, -0.2) is 22.8 Å². The van der Waals surface area contributed by atoms with Gasteiger partial charge in [0.15, 0.2) is 0 Å². The van der Waals surface area contributed by atoms with Crippen molar-refractivity contribution >= 4 is 35.0 Å². The summed E-state index contributed by atoms with van der Waals surface area (Å²) in [6.07, 6.45) is 0.562. The third kappa shape index (κ3) is 7.94. The summed E-state index contributed by atoms with van der Waals surface area (Å²) in [5.41, 5.74) is 3.70. The second-order valence-electron chi connectivity index (χ2n) is 8.86. The average molecular weight is 531 g/mol. The number of nitrogens with one attached hydrogen (secondary N) is 1. The second kappa shape index (κ2) is 13.1. The molecule has 1 atom stereocenters. The molecule has 0 radical (unpaired) electrons. The van der Waals surface area contributed by atoms with Crippen LogP contribution in [-0.2, 0) is 35.5 Å². The number of carbonyl (C=O) groups excluding carboxylic acids is 2. The molecule has 0 spiro atoms. The Morgan fingerprint density at radius 1 is 0.649 bits per heavy atom. The van der Waals surface area contributed by atoms with Crippen molar-refractivity contribution < 1.29 is 9.59 Å². The fourth-order valence-corrected chi connectivity index (χ4v) is 4.37. The first-order chi connectivity index (χ1) is 18.0. The third-order valence-electron chi connectivity index (χ3n) is 6.12. The molecular formula is C31H28Cl2N2O2. The van der Waals surface area contributed by atoms with Crippen molar-refractivity contribution in [3.63, 3.8) is 0 Å². The van der Waals surface area contributed by atoms with Gasteiger partial charge in [-0.2, -0.15) is 0 Å². The highest BCUT2D eigenvalue weighted by Gasteiger charge is 2.30. The van der Waals surface area contributed by atoms with Gasteiger partial charge < -0.3 is 10.2 Å². The Morgan fingerprint density at radius 2 is 1.16 bits per heavy atom. The van der Waals surface area contributed by atoms with E-state index in [1.165, 1.54) is 0 Å². The number of halogens is 2. The number of benzene rings is 4. The van der Waals surface area contributed by atoms with Gasteiger partial charge in [-0.05, 0) is 46.5 Å². The Morgan fingerprint density at radius 3 is 1.73 bits per heavy atom. The summed E-state index contributed by atoms with van der Waals surface area (Å²) in [6.45, 7) is 0.658. The third-order valence-corrected chi connectivity index (χ3v) is 6.62. The zero-order valence-corrected chi connectivity index (χ0v) is 21.8. The fraction of sp³-hybridized carbons (Fsp3) is 0.161. The molecular weight excluding hydrogens is 503 g/mol. The lowest BCUT2D eigenvalue weighted by atomic mass is 10.0. The van der Waals surface area contributed by atoms with E-state index in [-0.39, 0.29) is 18.2 Å². The molecule has 2 amide bonds. The topological polar surface area (TPSA) is 49.4 Å². The normalized spacial score (nSPS) is 11.5. The van der Waals surface area contributed by atoms with Gasteiger partial charge in [0.25, 0.3) is 0 Å². The van der Waals surface area contributed by atoms with E-state index in [9.17, 15) is 9.59 Å². The Kier molecular flexibility index (Phi) is 9.36. The van der Waals surface area contributed by atoms with E-state index in [1.54, 1.807) is 29.2 Å². The Hall–Kier alpha value is -3.60. The highest BCUT2D eigenvalue weighted by molar-refractivity contribution is 6.30. The lowest BCUT2D eigenvalue weighted by molar-refractivity contribution is -0.140. The van der Waals surface area contributed by atoms with Crippen LogP contribution in [0.5, 0.6) is 0 Å². The van der Waals surface area contributed by atoms with E-state index in [1.807, 2.05) is 84.9 Å². The summed E-state index contributed by atoms with van der Waals surface area (Å²) in [7, 11) is 0. The quantitative estimate of drug-likeness (QED) is 0.254. The van der Waals surface area contributed by atoms with Crippen LogP contribution in [0.15, 0.2) is 109 Å². The Balaban J connectivity index is 1.62. The molecule has 0 aromatic heterocycles. The Bertz CT molecular complexity index is 1290. The van der Waals surface area contributed by atoms with Crippen LogP contribution >= 0.6 is 23.2 Å². The molecule has 37 heavy (non-hydrogen) atoms. The first-order valence-corrected chi connectivity index (χ1v) is 12.9. The summed E-state index contributed by atoms with van der Waals surface area (Å²) in [5.74, 6) is -0.340. The van der Waals surface area contributed by atoms with E-state index in [0.29, 0.717) is 29.6 Å². The second-order valence-corrected chi connectivity index (χ2v) is 9.73. The van der Waals surface area contributed by atoms with Crippen LogP contribution in [0.25, 0.3) is 0 Å². The minimum Gasteiger partial charge on any atom is -0.350 e. The van der Waals surface area contributed by atoms with Crippen molar-refractivity contribution in [1.29, 1.82) is 0 Å². The largest absolute Gasteiger partial charge is 0.350 e. The van der Waals surface area contributed by atoms with Crippen LogP contribution in [0, 0.1) is 0 Å².